The van der Waals surface area contributed by atoms with Crippen molar-refractivity contribution in [2.24, 2.45) is 4.99 Å². The average Bonchev–Trinajstić information content (AvgIpc) is 2.59. The number of benzene rings is 1. The first kappa shape index (κ1) is 16.7. The highest BCUT2D eigenvalue weighted by Crippen LogP contribution is 2.31. The summed E-state index contributed by atoms with van der Waals surface area (Å²) in [6.45, 7) is 0. The molecule has 1 aliphatic carbocycles. The van der Waals surface area contributed by atoms with Crippen molar-refractivity contribution in [2.45, 2.75) is 0 Å². The molecular formula is C18H14N4O2S. The fourth-order valence-corrected chi connectivity index (χ4v) is 2.79. The van der Waals surface area contributed by atoms with E-state index in [-0.39, 0.29) is 27.7 Å². The Hall–Kier alpha value is -3.11. The van der Waals surface area contributed by atoms with Crippen LogP contribution in [0.15, 0.2) is 46.4 Å². The van der Waals surface area contributed by atoms with Gasteiger partial charge in [0.1, 0.15) is 17.5 Å². The third-order valence-electron chi connectivity index (χ3n) is 3.74. The number of carbonyl (C=O) groups is 1. The van der Waals surface area contributed by atoms with E-state index in [4.69, 9.17) is 0 Å². The fraction of sp³-hybridized carbons (Fsp3) is 0.111. The summed E-state index contributed by atoms with van der Waals surface area (Å²) in [7, 11) is 3.70. The second kappa shape index (κ2) is 6.42. The normalized spacial score (nSPS) is 14.7. The molecule has 0 unspecified atom stereocenters. The largest absolute Gasteiger partial charge is 0.507 e. The fourth-order valence-electron chi connectivity index (χ4n) is 2.57. The molecule has 2 aromatic rings. The number of hydrogen-bond acceptors (Lipinski definition) is 7. The van der Waals surface area contributed by atoms with Crippen LogP contribution in [0.25, 0.3) is 0 Å². The van der Waals surface area contributed by atoms with Gasteiger partial charge in [0, 0.05) is 20.3 Å². The van der Waals surface area contributed by atoms with E-state index >= 15 is 0 Å². The minimum atomic E-state index is -0.367. The number of rotatable bonds is 2. The van der Waals surface area contributed by atoms with Gasteiger partial charge >= 0.3 is 0 Å². The molecule has 25 heavy (non-hydrogen) atoms. The summed E-state index contributed by atoms with van der Waals surface area (Å²) in [4.78, 5) is 22.7. The zero-order chi connectivity index (χ0) is 18.1. The van der Waals surface area contributed by atoms with Crippen LogP contribution in [0.2, 0.25) is 0 Å². The highest BCUT2D eigenvalue weighted by atomic mass is 32.1. The van der Waals surface area contributed by atoms with Crippen LogP contribution in [0, 0.1) is 11.3 Å². The van der Waals surface area contributed by atoms with E-state index in [9.17, 15) is 15.2 Å². The van der Waals surface area contributed by atoms with Crippen molar-refractivity contribution < 1.29 is 9.90 Å². The lowest BCUT2D eigenvalue weighted by Crippen LogP contribution is -2.17. The summed E-state index contributed by atoms with van der Waals surface area (Å²) in [5.41, 5.74) is 2.52. The third-order valence-corrected chi connectivity index (χ3v) is 4.07. The van der Waals surface area contributed by atoms with E-state index in [1.54, 1.807) is 18.2 Å². The molecule has 1 aliphatic rings. The molecule has 1 aromatic carbocycles. The maximum absolute atomic E-state index is 12.2. The summed E-state index contributed by atoms with van der Waals surface area (Å²) < 4.78 is 0. The number of aromatic hydroxyl groups is 1. The lowest BCUT2D eigenvalue weighted by molar-refractivity contribution is 0.103. The quantitative estimate of drug-likeness (QED) is 0.813. The number of allylic oxidation sites excluding steroid dienone is 2. The van der Waals surface area contributed by atoms with Crippen LogP contribution in [-0.4, -0.2) is 35.7 Å². The van der Waals surface area contributed by atoms with Crippen LogP contribution in [-0.2, 0) is 0 Å². The van der Waals surface area contributed by atoms with Crippen LogP contribution in [0.3, 0.4) is 0 Å². The lowest BCUT2D eigenvalue weighted by atomic mass is 9.98. The van der Waals surface area contributed by atoms with Crippen molar-refractivity contribution in [3.05, 3.63) is 58.3 Å². The minimum absolute atomic E-state index is 0.0837. The summed E-state index contributed by atoms with van der Waals surface area (Å²) >= 11 is 4.17. The van der Waals surface area contributed by atoms with Gasteiger partial charge < -0.3 is 10.0 Å². The van der Waals surface area contributed by atoms with Gasteiger partial charge in [0.2, 0.25) is 5.78 Å². The zero-order valence-electron chi connectivity index (χ0n) is 13.6. The van der Waals surface area contributed by atoms with Crippen LogP contribution in [0.5, 0.6) is 5.75 Å². The first-order chi connectivity index (χ1) is 11.9. The molecule has 7 heteroatoms. The Kier molecular flexibility index (Phi) is 4.30. The van der Waals surface area contributed by atoms with Crippen molar-refractivity contribution in [3.63, 3.8) is 0 Å². The van der Waals surface area contributed by atoms with Crippen molar-refractivity contribution in [3.8, 4) is 11.8 Å². The third kappa shape index (κ3) is 2.99. The predicted molar refractivity (Wildman–Crippen MR) is 99.0 cm³/mol. The molecule has 0 fully saturated rings. The molecule has 1 aromatic heterocycles. The van der Waals surface area contributed by atoms with E-state index in [2.05, 4.69) is 28.7 Å². The van der Waals surface area contributed by atoms with Gasteiger partial charge in [-0.25, -0.2) is 4.99 Å². The number of aromatic nitrogens is 1. The summed E-state index contributed by atoms with van der Waals surface area (Å²) in [5, 5.41) is 19.5. The molecule has 3 rings (SSSR count). The van der Waals surface area contributed by atoms with Gasteiger partial charge in [-0.2, -0.15) is 5.26 Å². The van der Waals surface area contributed by atoms with Crippen molar-refractivity contribution >= 4 is 35.5 Å². The summed E-state index contributed by atoms with van der Waals surface area (Å²) in [6.07, 6.45) is 2.84. The highest BCUT2D eigenvalue weighted by molar-refractivity contribution is 7.85. The molecule has 1 N–H and O–H groups in total. The van der Waals surface area contributed by atoms with Crippen LogP contribution in [0.1, 0.15) is 21.6 Å². The summed E-state index contributed by atoms with van der Waals surface area (Å²) in [5.74, 6) is -0.451. The van der Waals surface area contributed by atoms with Gasteiger partial charge in [-0.05, 0) is 30.3 Å². The van der Waals surface area contributed by atoms with Gasteiger partial charge in [0.05, 0.1) is 33.1 Å². The lowest BCUT2D eigenvalue weighted by Gasteiger charge is -2.16. The maximum atomic E-state index is 12.2. The Morgan fingerprint density at radius 3 is 2.76 bits per heavy atom. The topological polar surface area (TPSA) is 89.6 Å². The molecule has 0 radical (unpaired) electrons. The monoisotopic (exact) mass is 350 g/mol. The Morgan fingerprint density at radius 1 is 1.32 bits per heavy atom. The smallest absolute Gasteiger partial charge is 0.218 e. The number of carbonyl (C=O) groups excluding carboxylic acids is 1. The Balaban J connectivity index is 2.17. The number of nitrogens with zero attached hydrogens (tertiary/aromatic N) is 4. The number of fused-ring (bicyclic) bond motifs is 1. The molecule has 0 aliphatic heterocycles. The molecular weight excluding hydrogens is 336 g/mol. The highest BCUT2D eigenvalue weighted by Gasteiger charge is 2.26. The van der Waals surface area contributed by atoms with Gasteiger partial charge in [0.15, 0.2) is 0 Å². The number of nitriles is 1. The summed E-state index contributed by atoms with van der Waals surface area (Å²) in [6, 6.07) is 8.75. The second-order valence-electron chi connectivity index (χ2n) is 5.62. The molecule has 0 atom stereocenters. The van der Waals surface area contributed by atoms with Gasteiger partial charge in [-0.3, -0.25) is 9.78 Å². The molecule has 1 heterocycles. The first-order valence-corrected chi connectivity index (χ1v) is 7.81. The number of aliphatic imine (C=N–C) groups is 1. The van der Waals surface area contributed by atoms with E-state index < -0.39 is 0 Å². The second-order valence-corrected chi connectivity index (χ2v) is 6.10. The van der Waals surface area contributed by atoms with Crippen molar-refractivity contribution in [2.75, 3.05) is 19.0 Å². The van der Waals surface area contributed by atoms with Gasteiger partial charge in [-0.1, -0.05) is 0 Å². The number of ketones is 1. The number of thiol groups is 1. The van der Waals surface area contributed by atoms with Crippen LogP contribution < -0.4 is 4.90 Å². The molecule has 0 saturated carbocycles. The first-order valence-electron chi connectivity index (χ1n) is 7.36. The number of Topliss-reactive ketones (excluding diaryl/α,β-unsaturated/α-hetero) is 1. The standard InChI is InChI=1S/C18H14N4O2S/c1-22(2)13-4-3-11(7-10(13)9-19)21-12-8-15(25)18(24)17-16(12)14(23)5-6-20-17/h3-8,25H,1-2H3,(H,20,23). The van der Waals surface area contributed by atoms with Crippen LogP contribution >= 0.6 is 12.6 Å². The van der Waals surface area contributed by atoms with Gasteiger partial charge in [-0.15, -0.1) is 12.6 Å². The molecule has 6 nitrogen and oxygen atoms in total. The van der Waals surface area contributed by atoms with Gasteiger partial charge in [0.25, 0.3) is 0 Å². The molecule has 0 spiro atoms. The zero-order valence-corrected chi connectivity index (χ0v) is 14.5. The van der Waals surface area contributed by atoms with Crippen molar-refractivity contribution in [1.82, 2.24) is 4.98 Å². The Bertz CT molecular complexity index is 987. The maximum Gasteiger partial charge on any atom is 0.218 e. The minimum Gasteiger partial charge on any atom is -0.507 e. The molecule has 0 amide bonds. The Morgan fingerprint density at radius 2 is 2.08 bits per heavy atom. The van der Waals surface area contributed by atoms with E-state index in [0.29, 0.717) is 17.0 Å². The van der Waals surface area contributed by atoms with E-state index in [1.807, 2.05) is 19.0 Å². The average molecular weight is 350 g/mol. The number of anilines is 1. The number of hydrogen-bond donors (Lipinski definition) is 2. The Labute approximate surface area is 150 Å². The van der Waals surface area contributed by atoms with Crippen LogP contribution in [0.4, 0.5) is 11.4 Å². The molecule has 0 bridgehead atoms. The molecule has 0 saturated heterocycles. The predicted octanol–water partition coefficient (Wildman–Crippen LogP) is 2.86. The SMILES string of the molecule is CN(C)c1ccc(N=C2C=C(S)C(=O)c3nccc(O)c32)cc1C#N. The van der Waals surface area contributed by atoms with E-state index in [0.717, 1.165) is 5.69 Å². The van der Waals surface area contributed by atoms with Crippen molar-refractivity contribution in [1.29, 1.82) is 5.26 Å². The number of pyridine rings is 1. The molecule has 124 valence electrons. The van der Waals surface area contributed by atoms with E-state index in [1.165, 1.54) is 18.3 Å².